The number of nitrogens with one attached hydrogen (secondary N) is 2. The lowest BCUT2D eigenvalue weighted by molar-refractivity contribution is -0.125. The number of carbonyl (C=O) groups is 2. The summed E-state index contributed by atoms with van der Waals surface area (Å²) in [7, 11) is 0. The van der Waals surface area contributed by atoms with Gasteiger partial charge in [0.1, 0.15) is 11.6 Å². The number of nitrogens with two attached hydrogens (primary N) is 1. The molecule has 4 aromatic rings. The quantitative estimate of drug-likeness (QED) is 0.255. The lowest BCUT2D eigenvalue weighted by atomic mass is 9.98. The lowest BCUT2D eigenvalue weighted by Gasteiger charge is -2.25. The van der Waals surface area contributed by atoms with Crippen LogP contribution in [0, 0.1) is 0 Å². The zero-order valence-corrected chi connectivity index (χ0v) is 21.6. The van der Waals surface area contributed by atoms with Crippen LogP contribution in [-0.2, 0) is 4.79 Å². The maximum Gasteiger partial charge on any atom is 0.255 e. The highest BCUT2D eigenvalue weighted by Gasteiger charge is 2.30. The Balaban J connectivity index is 1.60. The van der Waals surface area contributed by atoms with E-state index in [1.165, 1.54) is 0 Å². The summed E-state index contributed by atoms with van der Waals surface area (Å²) >= 11 is 0. The maximum absolute atomic E-state index is 13.2. The fourth-order valence-electron chi connectivity index (χ4n) is 4.20. The summed E-state index contributed by atoms with van der Waals surface area (Å²) in [5.74, 6) is 0.202. The van der Waals surface area contributed by atoms with E-state index in [2.05, 4.69) is 29.5 Å². The Kier molecular flexibility index (Phi) is 8.23. The van der Waals surface area contributed by atoms with Gasteiger partial charge in [-0.15, -0.1) is 0 Å². The second-order valence-electron chi connectivity index (χ2n) is 9.30. The van der Waals surface area contributed by atoms with Gasteiger partial charge in [0.2, 0.25) is 0 Å². The molecule has 2 amide bonds. The van der Waals surface area contributed by atoms with E-state index >= 15 is 0 Å². The van der Waals surface area contributed by atoms with Crippen molar-refractivity contribution in [3.63, 3.8) is 0 Å². The molecule has 2 unspecified atom stereocenters. The third-order valence-electron chi connectivity index (χ3n) is 6.30. The summed E-state index contributed by atoms with van der Waals surface area (Å²) in [5, 5.41) is 18.3. The number of carbonyl (C=O) groups excluding carboxylic acids is 2. The van der Waals surface area contributed by atoms with Crippen molar-refractivity contribution >= 4 is 34.1 Å². The zero-order chi connectivity index (χ0) is 27.2. The number of aliphatic hydroxyl groups is 1. The van der Waals surface area contributed by atoms with Crippen molar-refractivity contribution in [2.45, 2.75) is 38.8 Å². The monoisotopic (exact) mass is 512 g/mol. The van der Waals surface area contributed by atoms with E-state index in [4.69, 9.17) is 10.5 Å². The molecule has 0 saturated heterocycles. The molecular weight excluding hydrogens is 480 g/mol. The van der Waals surface area contributed by atoms with Crippen molar-refractivity contribution in [3.05, 3.63) is 95.7 Å². The summed E-state index contributed by atoms with van der Waals surface area (Å²) < 4.78 is 5.60. The number of nitrogen functional groups attached to an aromatic ring is 1. The predicted molar refractivity (Wildman–Crippen MR) is 149 cm³/mol. The van der Waals surface area contributed by atoms with Crippen LogP contribution in [0.1, 0.15) is 54.2 Å². The van der Waals surface area contributed by atoms with Gasteiger partial charge in [0.15, 0.2) is 6.10 Å². The Morgan fingerprint density at radius 1 is 1.00 bits per heavy atom. The van der Waals surface area contributed by atoms with E-state index in [9.17, 15) is 14.7 Å². The molecule has 4 rings (SSSR count). The maximum atomic E-state index is 13.2. The predicted octanol–water partition coefficient (Wildman–Crippen LogP) is 4.81. The van der Waals surface area contributed by atoms with Crippen molar-refractivity contribution in [2.24, 2.45) is 0 Å². The molecule has 38 heavy (non-hydrogen) atoms. The van der Waals surface area contributed by atoms with Crippen LogP contribution in [-0.4, -0.2) is 34.6 Å². The molecule has 0 bridgehead atoms. The number of nitrogens with zero attached hydrogens (tertiary/aromatic N) is 1. The van der Waals surface area contributed by atoms with E-state index in [-0.39, 0.29) is 0 Å². The van der Waals surface area contributed by atoms with Crippen LogP contribution in [0.4, 0.5) is 11.5 Å². The minimum absolute atomic E-state index is 0.328. The highest BCUT2D eigenvalue weighted by atomic mass is 16.5. The Morgan fingerprint density at radius 2 is 1.76 bits per heavy atom. The van der Waals surface area contributed by atoms with Gasteiger partial charge >= 0.3 is 0 Å². The number of ether oxygens (including phenoxy) is 1. The number of fused-ring (bicyclic) bond motifs is 1. The molecule has 0 aliphatic heterocycles. The first-order chi connectivity index (χ1) is 18.3. The molecular formula is C30H32N4O4. The van der Waals surface area contributed by atoms with Crippen LogP contribution in [0.3, 0.4) is 0 Å². The topological polar surface area (TPSA) is 127 Å². The third kappa shape index (κ3) is 6.10. The van der Waals surface area contributed by atoms with Gasteiger partial charge in [0.25, 0.3) is 11.8 Å². The molecule has 8 nitrogen and oxygen atoms in total. The first-order valence-corrected chi connectivity index (χ1v) is 12.5. The van der Waals surface area contributed by atoms with Crippen LogP contribution < -0.4 is 21.1 Å². The van der Waals surface area contributed by atoms with Crippen LogP contribution >= 0.6 is 0 Å². The first kappa shape index (κ1) is 26.6. The summed E-state index contributed by atoms with van der Waals surface area (Å²) in [5.41, 5.74) is 8.46. The van der Waals surface area contributed by atoms with E-state index < -0.39 is 24.0 Å². The number of aromatic nitrogens is 1. The number of pyridine rings is 1. The number of hydrogen-bond acceptors (Lipinski definition) is 6. The molecule has 5 N–H and O–H groups in total. The summed E-state index contributed by atoms with van der Waals surface area (Å²) in [6, 6.07) is 20.2. The Labute approximate surface area is 221 Å². The van der Waals surface area contributed by atoms with Crippen molar-refractivity contribution in [1.29, 1.82) is 0 Å². The van der Waals surface area contributed by atoms with E-state index in [0.29, 0.717) is 40.9 Å². The van der Waals surface area contributed by atoms with E-state index in [1.807, 2.05) is 19.1 Å². The van der Waals surface area contributed by atoms with E-state index in [0.717, 1.165) is 16.3 Å². The number of amides is 2. The number of hydrogen-bond donors (Lipinski definition) is 4. The average molecular weight is 513 g/mol. The third-order valence-corrected chi connectivity index (χ3v) is 6.30. The molecule has 0 radical (unpaired) electrons. The second kappa shape index (κ2) is 11.7. The van der Waals surface area contributed by atoms with Crippen molar-refractivity contribution < 1.29 is 19.4 Å². The van der Waals surface area contributed by atoms with Crippen molar-refractivity contribution in [2.75, 3.05) is 17.7 Å². The highest BCUT2D eigenvalue weighted by Crippen LogP contribution is 2.26. The minimum Gasteiger partial charge on any atom is -0.494 e. The molecule has 0 aliphatic carbocycles. The van der Waals surface area contributed by atoms with Gasteiger partial charge in [-0.05, 0) is 77.9 Å². The summed E-state index contributed by atoms with van der Waals surface area (Å²) in [6.45, 7) is 6.47. The zero-order valence-electron chi connectivity index (χ0n) is 21.6. The molecule has 3 aromatic carbocycles. The van der Waals surface area contributed by atoms with Gasteiger partial charge in [-0.3, -0.25) is 9.59 Å². The van der Waals surface area contributed by atoms with Gasteiger partial charge in [0.05, 0.1) is 12.6 Å². The molecule has 2 atom stereocenters. The lowest BCUT2D eigenvalue weighted by Crippen LogP contribution is -2.42. The Morgan fingerprint density at radius 3 is 2.47 bits per heavy atom. The average Bonchev–Trinajstić information content (AvgIpc) is 2.91. The normalized spacial score (nSPS) is 12.7. The van der Waals surface area contributed by atoms with Crippen LogP contribution in [0.5, 0.6) is 5.75 Å². The van der Waals surface area contributed by atoms with Gasteiger partial charge in [0, 0.05) is 22.8 Å². The highest BCUT2D eigenvalue weighted by molar-refractivity contribution is 6.00. The number of aliphatic hydroxyl groups excluding tert-OH is 1. The number of rotatable bonds is 9. The smallest absolute Gasteiger partial charge is 0.255 e. The van der Waals surface area contributed by atoms with Crippen molar-refractivity contribution in [1.82, 2.24) is 10.3 Å². The molecule has 0 fully saturated rings. The number of anilines is 2. The Bertz CT molecular complexity index is 1440. The SMILES string of the molecule is CCOc1cccc(C(NC(=O)c2ccc(C(C)C)cc2)C(O)C(=O)Nc2ccc3c(N)nccc3c2)c1. The van der Waals surface area contributed by atoms with Crippen molar-refractivity contribution in [3.8, 4) is 5.75 Å². The number of benzene rings is 3. The fourth-order valence-corrected chi connectivity index (χ4v) is 4.20. The summed E-state index contributed by atoms with van der Waals surface area (Å²) in [4.78, 5) is 30.4. The van der Waals surface area contributed by atoms with Crippen LogP contribution in [0.2, 0.25) is 0 Å². The Hall–Kier alpha value is -4.43. The molecule has 196 valence electrons. The molecule has 0 spiro atoms. The minimum atomic E-state index is -1.59. The first-order valence-electron chi connectivity index (χ1n) is 12.5. The van der Waals surface area contributed by atoms with Gasteiger partial charge in [-0.1, -0.05) is 38.1 Å². The molecule has 0 aliphatic rings. The fraction of sp³-hybridized carbons (Fsp3) is 0.233. The van der Waals surface area contributed by atoms with E-state index in [1.54, 1.807) is 66.9 Å². The second-order valence-corrected chi connectivity index (χ2v) is 9.30. The largest absolute Gasteiger partial charge is 0.494 e. The molecule has 1 aromatic heterocycles. The van der Waals surface area contributed by atoms with Crippen LogP contribution in [0.25, 0.3) is 10.8 Å². The summed E-state index contributed by atoms with van der Waals surface area (Å²) in [6.07, 6.45) is -0.00750. The molecule has 1 heterocycles. The molecule has 0 saturated carbocycles. The standard InChI is InChI=1S/C30H32N4O4/c1-4-38-24-7-5-6-22(17-24)26(34-29(36)20-10-8-19(9-11-20)18(2)3)27(35)30(37)33-23-12-13-25-21(16-23)14-15-32-28(25)31/h5-18,26-27,35H,4H2,1-3H3,(H2,31,32)(H,33,37)(H,34,36). The van der Waals surface area contributed by atoms with Gasteiger partial charge in [-0.25, -0.2) is 4.98 Å². The van der Waals surface area contributed by atoms with Crippen LogP contribution in [0.15, 0.2) is 79.0 Å². The van der Waals surface area contributed by atoms with Gasteiger partial charge < -0.3 is 26.2 Å². The van der Waals surface area contributed by atoms with Gasteiger partial charge in [-0.2, -0.15) is 0 Å². The molecule has 8 heteroatoms.